The third-order valence-electron chi connectivity index (χ3n) is 0. The third kappa shape index (κ3) is 32.7. The van der Waals surface area contributed by atoms with Crippen LogP contribution in [0.1, 0.15) is 0 Å². The minimum Gasteiger partial charge on any atom is -0.870 e. The molecule has 0 bridgehead atoms. The minimum absolute atomic E-state index is 0. The van der Waals surface area contributed by atoms with Gasteiger partial charge in [0.05, 0.1) is 0 Å². The first-order valence-corrected chi connectivity index (χ1v) is 0. The average Bonchev–Trinajstić information content (AvgIpc) is 0. The normalized spacial score (nSPS) is 0. The van der Waals surface area contributed by atoms with Gasteiger partial charge in [0.25, 0.3) is 0 Å². The molecule has 0 aliphatic rings. The number of hydrogen-bond acceptors (Lipinski definition) is 2. The van der Waals surface area contributed by atoms with Crippen molar-refractivity contribution >= 4 is 23.1 Å². The van der Waals surface area contributed by atoms with Crippen LogP contribution in [0.2, 0.25) is 0 Å². The molecular formula is H4MgO3Ti. The molecule has 0 amide bonds. The van der Waals surface area contributed by atoms with E-state index in [0.29, 0.717) is 0 Å². The zero-order valence-electron chi connectivity index (χ0n) is 2.60. The van der Waals surface area contributed by atoms with Crippen molar-refractivity contribution in [3.63, 3.8) is 0 Å². The Kier molecular flexibility index (Phi) is 1090. The molecule has 0 aromatic heterocycles. The van der Waals surface area contributed by atoms with Crippen LogP contribution in [0.15, 0.2) is 0 Å². The molecule has 4 N–H and O–H groups in total. The quantitative estimate of drug-likeness (QED) is 0.365. The summed E-state index contributed by atoms with van der Waals surface area (Å²) in [7, 11) is 0. The molecule has 5 heavy (non-hydrogen) atoms. The molecular weight excluding hydrogens is 120 g/mol. The van der Waals surface area contributed by atoms with Gasteiger partial charge < -0.3 is 16.4 Å². The van der Waals surface area contributed by atoms with E-state index >= 15 is 0 Å². The Hall–Kier alpha value is 1.36. The first kappa shape index (κ1) is 98.7. The zero-order valence-corrected chi connectivity index (χ0v) is 5.58. The van der Waals surface area contributed by atoms with Gasteiger partial charge in [-0.15, -0.1) is 0 Å². The Morgan fingerprint density at radius 2 is 0.800 bits per heavy atom. The fraction of sp³-hybridized carbons (Fsp3) is 0. The molecule has 0 saturated carbocycles. The second-order valence-corrected chi connectivity index (χ2v) is 0. The Bertz CT molecular complexity index is 6.85. The van der Waals surface area contributed by atoms with Crippen LogP contribution in [0.5, 0.6) is 0 Å². The standard InChI is InChI=1S/Mg.3H2O.Ti/h;3*1H2;/q+2;;;;/p-2. The van der Waals surface area contributed by atoms with Crippen molar-refractivity contribution in [1.29, 1.82) is 0 Å². The topological polar surface area (TPSA) is 91.5 Å². The molecule has 28 valence electrons. The predicted octanol–water partition coefficient (Wildman–Crippen LogP) is -1.56. The van der Waals surface area contributed by atoms with Crippen LogP contribution < -0.4 is 0 Å². The molecule has 0 heterocycles. The average molecular weight is 124 g/mol. The van der Waals surface area contributed by atoms with Crippen molar-refractivity contribution in [1.82, 2.24) is 0 Å². The fourth-order valence-electron chi connectivity index (χ4n) is 0. The molecule has 0 rings (SSSR count). The van der Waals surface area contributed by atoms with Crippen molar-refractivity contribution in [3.8, 4) is 0 Å². The molecule has 0 aliphatic carbocycles. The summed E-state index contributed by atoms with van der Waals surface area (Å²) in [6.07, 6.45) is 0. The van der Waals surface area contributed by atoms with Crippen molar-refractivity contribution in [2.45, 2.75) is 0 Å². The van der Waals surface area contributed by atoms with Gasteiger partial charge in [-0.3, -0.25) is 0 Å². The van der Waals surface area contributed by atoms with E-state index in [1.54, 1.807) is 0 Å². The van der Waals surface area contributed by atoms with Crippen LogP contribution >= 0.6 is 0 Å². The molecule has 0 atom stereocenters. The number of rotatable bonds is 0. The van der Waals surface area contributed by atoms with Crippen LogP contribution in [-0.2, 0) is 21.7 Å². The SMILES string of the molecule is O.[Mg+2].[OH-].[OH-].[Ti]. The third-order valence-corrected chi connectivity index (χ3v) is 0. The van der Waals surface area contributed by atoms with Crippen LogP contribution in [-0.4, -0.2) is 39.5 Å². The van der Waals surface area contributed by atoms with E-state index in [0.717, 1.165) is 0 Å². The van der Waals surface area contributed by atoms with E-state index in [2.05, 4.69) is 0 Å². The van der Waals surface area contributed by atoms with Gasteiger partial charge in [0.2, 0.25) is 0 Å². The van der Waals surface area contributed by atoms with Crippen LogP contribution in [0.4, 0.5) is 0 Å². The summed E-state index contributed by atoms with van der Waals surface area (Å²) in [5.41, 5.74) is 0. The first-order valence-electron chi connectivity index (χ1n) is 0. The van der Waals surface area contributed by atoms with E-state index in [-0.39, 0.29) is 61.2 Å². The molecule has 0 fully saturated rings. The maximum absolute atomic E-state index is 0. The maximum atomic E-state index is 0. The Balaban J connectivity index is 0. The van der Waals surface area contributed by atoms with Crippen molar-refractivity contribution in [2.24, 2.45) is 0 Å². The van der Waals surface area contributed by atoms with E-state index in [1.165, 1.54) is 0 Å². The molecule has 0 spiro atoms. The van der Waals surface area contributed by atoms with Crippen molar-refractivity contribution in [3.05, 3.63) is 0 Å². The molecule has 5 heteroatoms. The van der Waals surface area contributed by atoms with E-state index in [1.807, 2.05) is 0 Å². The van der Waals surface area contributed by atoms with Gasteiger partial charge in [-0.25, -0.2) is 0 Å². The van der Waals surface area contributed by atoms with Crippen LogP contribution in [0.3, 0.4) is 0 Å². The first-order chi connectivity index (χ1) is 0. The maximum Gasteiger partial charge on any atom is 2.00 e. The van der Waals surface area contributed by atoms with E-state index in [9.17, 15) is 0 Å². The summed E-state index contributed by atoms with van der Waals surface area (Å²) >= 11 is 0. The molecule has 0 unspecified atom stereocenters. The summed E-state index contributed by atoms with van der Waals surface area (Å²) in [5.74, 6) is 0. The molecule has 3 nitrogen and oxygen atoms in total. The van der Waals surface area contributed by atoms with Gasteiger partial charge in [-0.2, -0.15) is 0 Å². The van der Waals surface area contributed by atoms with Gasteiger partial charge >= 0.3 is 23.1 Å². The van der Waals surface area contributed by atoms with Crippen LogP contribution in [0, 0.1) is 0 Å². The predicted molar refractivity (Wildman–Crippen MR) is 13.2 cm³/mol. The molecule has 0 aromatic carbocycles. The summed E-state index contributed by atoms with van der Waals surface area (Å²) < 4.78 is 0. The summed E-state index contributed by atoms with van der Waals surface area (Å²) in [4.78, 5) is 0. The smallest absolute Gasteiger partial charge is 0.870 e. The largest absolute Gasteiger partial charge is 2.00 e. The van der Waals surface area contributed by atoms with Gasteiger partial charge in [0, 0.05) is 21.7 Å². The Labute approximate surface area is 61.1 Å². The monoisotopic (exact) mass is 124 g/mol. The minimum atomic E-state index is 0. The summed E-state index contributed by atoms with van der Waals surface area (Å²) in [6, 6.07) is 0. The van der Waals surface area contributed by atoms with E-state index < -0.39 is 0 Å². The van der Waals surface area contributed by atoms with Crippen LogP contribution in [0.25, 0.3) is 0 Å². The van der Waals surface area contributed by atoms with E-state index in [4.69, 9.17) is 0 Å². The second-order valence-electron chi connectivity index (χ2n) is 0. The fourth-order valence-corrected chi connectivity index (χ4v) is 0. The van der Waals surface area contributed by atoms with Crippen molar-refractivity contribution in [2.75, 3.05) is 0 Å². The molecule has 0 aromatic rings. The Morgan fingerprint density at radius 1 is 0.800 bits per heavy atom. The van der Waals surface area contributed by atoms with Gasteiger partial charge in [-0.05, 0) is 0 Å². The second kappa shape index (κ2) is 55.1. The number of hydrogen-bond donors (Lipinski definition) is 0. The van der Waals surface area contributed by atoms with Crippen molar-refractivity contribution < 1.29 is 38.1 Å². The molecule has 0 aliphatic heterocycles. The Morgan fingerprint density at radius 3 is 0.800 bits per heavy atom. The molecule has 0 radical (unpaired) electrons. The summed E-state index contributed by atoms with van der Waals surface area (Å²) in [6.45, 7) is 0. The summed E-state index contributed by atoms with van der Waals surface area (Å²) in [5, 5.41) is 0. The van der Waals surface area contributed by atoms with Gasteiger partial charge in [0.15, 0.2) is 0 Å². The van der Waals surface area contributed by atoms with Gasteiger partial charge in [-0.1, -0.05) is 0 Å². The molecule has 0 saturated heterocycles. The van der Waals surface area contributed by atoms with Gasteiger partial charge in [0.1, 0.15) is 0 Å². The zero-order chi connectivity index (χ0) is 0.